The maximum atomic E-state index is 10.9. The first kappa shape index (κ1) is 7.88. The van der Waals surface area contributed by atoms with Crippen LogP contribution in [0.4, 0.5) is 0 Å². The van der Waals surface area contributed by atoms with Crippen molar-refractivity contribution in [1.29, 1.82) is 0 Å². The van der Waals surface area contributed by atoms with Crippen LogP contribution in [0.1, 0.15) is 0 Å². The van der Waals surface area contributed by atoms with Gasteiger partial charge in [-0.2, -0.15) is 0 Å². The Kier molecular flexibility index (Phi) is 2.33. The Hall–Kier alpha value is -1.22. The summed E-state index contributed by atoms with van der Waals surface area (Å²) in [6, 6.07) is 0. The van der Waals surface area contributed by atoms with Crippen molar-refractivity contribution < 1.29 is 14.7 Å². The molecule has 0 aromatic rings. The van der Waals surface area contributed by atoms with E-state index in [1.165, 1.54) is 12.2 Å². The second-order valence-electron chi connectivity index (χ2n) is 2.25. The maximum absolute atomic E-state index is 10.9. The molecule has 0 amide bonds. The highest BCUT2D eigenvalue weighted by molar-refractivity contribution is 6.10. The SMILES string of the molecule is O=C1C=CC=CC1C(=O)CO. The maximum Gasteiger partial charge on any atom is 0.172 e. The predicted octanol–water partition coefficient (Wildman–Crippen LogP) is -0.141. The lowest BCUT2D eigenvalue weighted by Crippen LogP contribution is -2.24. The van der Waals surface area contributed by atoms with Crippen molar-refractivity contribution in [1.82, 2.24) is 0 Å². The first-order valence-corrected chi connectivity index (χ1v) is 3.28. The molecule has 58 valence electrons. The minimum Gasteiger partial charge on any atom is -0.389 e. The molecule has 1 aliphatic rings. The van der Waals surface area contributed by atoms with E-state index < -0.39 is 18.3 Å². The Labute approximate surface area is 64.0 Å². The van der Waals surface area contributed by atoms with Gasteiger partial charge in [-0.15, -0.1) is 0 Å². The molecule has 0 fully saturated rings. The van der Waals surface area contributed by atoms with E-state index in [1.807, 2.05) is 0 Å². The van der Waals surface area contributed by atoms with E-state index in [0.717, 1.165) is 0 Å². The first-order chi connectivity index (χ1) is 5.25. The molecule has 0 aliphatic heterocycles. The summed E-state index contributed by atoms with van der Waals surface area (Å²) >= 11 is 0. The number of aliphatic hydroxyl groups excluding tert-OH is 1. The normalized spacial score (nSPS) is 22.3. The average Bonchev–Trinajstić information content (AvgIpc) is 2.04. The summed E-state index contributed by atoms with van der Waals surface area (Å²) in [5.74, 6) is -1.47. The summed E-state index contributed by atoms with van der Waals surface area (Å²) < 4.78 is 0. The molecule has 0 bridgehead atoms. The Balaban J connectivity index is 2.73. The monoisotopic (exact) mass is 152 g/mol. The highest BCUT2D eigenvalue weighted by atomic mass is 16.3. The van der Waals surface area contributed by atoms with Crippen LogP contribution < -0.4 is 0 Å². The van der Waals surface area contributed by atoms with Gasteiger partial charge in [0.15, 0.2) is 11.6 Å². The van der Waals surface area contributed by atoms with Gasteiger partial charge in [-0.1, -0.05) is 18.2 Å². The van der Waals surface area contributed by atoms with Gasteiger partial charge in [-0.05, 0) is 6.08 Å². The van der Waals surface area contributed by atoms with Crippen molar-refractivity contribution in [3.8, 4) is 0 Å². The second-order valence-corrected chi connectivity index (χ2v) is 2.25. The number of carbonyl (C=O) groups excluding carboxylic acids is 2. The molecule has 0 spiro atoms. The Morgan fingerprint density at radius 1 is 1.55 bits per heavy atom. The summed E-state index contributed by atoms with van der Waals surface area (Å²) in [5.41, 5.74) is 0. The van der Waals surface area contributed by atoms with Crippen molar-refractivity contribution in [2.24, 2.45) is 5.92 Å². The zero-order valence-corrected chi connectivity index (χ0v) is 5.86. The average molecular weight is 152 g/mol. The van der Waals surface area contributed by atoms with Crippen LogP contribution in [0.25, 0.3) is 0 Å². The number of Topliss-reactive ketones (excluding diaryl/α,β-unsaturated/α-hetero) is 1. The fourth-order valence-corrected chi connectivity index (χ4v) is 0.889. The van der Waals surface area contributed by atoms with Crippen LogP contribution >= 0.6 is 0 Å². The van der Waals surface area contributed by atoms with Crippen LogP contribution in [0.3, 0.4) is 0 Å². The molecule has 1 rings (SSSR count). The number of hydrogen-bond donors (Lipinski definition) is 1. The van der Waals surface area contributed by atoms with Gasteiger partial charge < -0.3 is 5.11 Å². The molecule has 0 aromatic heterocycles. The molecule has 0 heterocycles. The highest BCUT2D eigenvalue weighted by Gasteiger charge is 2.21. The molecule has 3 nitrogen and oxygen atoms in total. The molecule has 3 heteroatoms. The fraction of sp³-hybridized carbons (Fsp3) is 0.250. The van der Waals surface area contributed by atoms with E-state index in [4.69, 9.17) is 5.11 Å². The van der Waals surface area contributed by atoms with Gasteiger partial charge in [-0.3, -0.25) is 9.59 Å². The predicted molar refractivity (Wildman–Crippen MR) is 38.9 cm³/mol. The van der Waals surface area contributed by atoms with Crippen molar-refractivity contribution >= 4 is 11.6 Å². The third-order valence-electron chi connectivity index (χ3n) is 1.48. The minimum absolute atomic E-state index is 0.258. The van der Waals surface area contributed by atoms with Crippen LogP contribution in [-0.2, 0) is 9.59 Å². The molecule has 1 unspecified atom stereocenters. The molecule has 0 saturated heterocycles. The lowest BCUT2D eigenvalue weighted by Gasteiger charge is -2.07. The van der Waals surface area contributed by atoms with Crippen LogP contribution in [0.15, 0.2) is 24.3 Å². The van der Waals surface area contributed by atoms with Crippen molar-refractivity contribution in [3.63, 3.8) is 0 Å². The summed E-state index contributed by atoms with van der Waals surface area (Å²) in [6.07, 6.45) is 6.02. The zero-order chi connectivity index (χ0) is 8.27. The van der Waals surface area contributed by atoms with Crippen molar-refractivity contribution in [3.05, 3.63) is 24.3 Å². The Morgan fingerprint density at radius 3 is 2.82 bits per heavy atom. The quantitative estimate of drug-likeness (QED) is 0.560. The van der Waals surface area contributed by atoms with Gasteiger partial charge >= 0.3 is 0 Å². The van der Waals surface area contributed by atoms with Gasteiger partial charge in [0.2, 0.25) is 0 Å². The van der Waals surface area contributed by atoms with Crippen LogP contribution in [-0.4, -0.2) is 23.3 Å². The van der Waals surface area contributed by atoms with Crippen LogP contribution in [0.2, 0.25) is 0 Å². The lowest BCUT2D eigenvalue weighted by atomic mass is 9.95. The fourth-order valence-electron chi connectivity index (χ4n) is 0.889. The smallest absolute Gasteiger partial charge is 0.172 e. The van der Waals surface area contributed by atoms with E-state index in [2.05, 4.69) is 0 Å². The second kappa shape index (κ2) is 3.25. The van der Waals surface area contributed by atoms with Crippen LogP contribution in [0, 0.1) is 5.92 Å². The molecule has 1 atom stereocenters. The van der Waals surface area contributed by atoms with E-state index in [-0.39, 0.29) is 5.78 Å². The van der Waals surface area contributed by atoms with Crippen LogP contribution in [0.5, 0.6) is 0 Å². The molecule has 0 radical (unpaired) electrons. The molecule has 0 aromatic carbocycles. The topological polar surface area (TPSA) is 54.4 Å². The molecule has 0 saturated carbocycles. The first-order valence-electron chi connectivity index (χ1n) is 3.28. The summed E-state index contributed by atoms with van der Waals surface area (Å²) in [5, 5.41) is 8.45. The van der Waals surface area contributed by atoms with Gasteiger partial charge in [0.25, 0.3) is 0 Å². The number of ketones is 2. The number of rotatable bonds is 2. The van der Waals surface area contributed by atoms with E-state index in [0.29, 0.717) is 0 Å². The number of aliphatic hydroxyl groups is 1. The minimum atomic E-state index is -0.759. The van der Waals surface area contributed by atoms with Gasteiger partial charge in [-0.25, -0.2) is 0 Å². The lowest BCUT2D eigenvalue weighted by molar-refractivity contribution is -0.130. The number of carbonyl (C=O) groups is 2. The number of hydrogen-bond acceptors (Lipinski definition) is 3. The Morgan fingerprint density at radius 2 is 2.27 bits per heavy atom. The largest absolute Gasteiger partial charge is 0.389 e. The summed E-state index contributed by atoms with van der Waals surface area (Å²) in [4.78, 5) is 21.7. The summed E-state index contributed by atoms with van der Waals surface area (Å²) in [7, 11) is 0. The standard InChI is InChI=1S/C8H8O3/c9-5-8(11)6-3-1-2-4-7(6)10/h1-4,6,9H,5H2. The molecular formula is C8H8O3. The molecule has 1 N–H and O–H groups in total. The molecule has 1 aliphatic carbocycles. The van der Waals surface area contributed by atoms with E-state index in [1.54, 1.807) is 12.2 Å². The third-order valence-corrected chi connectivity index (χ3v) is 1.48. The van der Waals surface area contributed by atoms with E-state index >= 15 is 0 Å². The zero-order valence-electron chi connectivity index (χ0n) is 5.86. The van der Waals surface area contributed by atoms with Crippen molar-refractivity contribution in [2.75, 3.05) is 6.61 Å². The summed E-state index contributed by atoms with van der Waals surface area (Å²) in [6.45, 7) is -0.575. The van der Waals surface area contributed by atoms with Crippen molar-refractivity contribution in [2.45, 2.75) is 0 Å². The molecular weight excluding hydrogens is 144 g/mol. The number of allylic oxidation sites excluding steroid dienone is 4. The van der Waals surface area contributed by atoms with Gasteiger partial charge in [0.05, 0.1) is 0 Å². The van der Waals surface area contributed by atoms with Gasteiger partial charge in [0, 0.05) is 0 Å². The molecule has 11 heavy (non-hydrogen) atoms. The Bertz CT molecular complexity index is 238. The van der Waals surface area contributed by atoms with Gasteiger partial charge in [0.1, 0.15) is 12.5 Å². The van der Waals surface area contributed by atoms with E-state index in [9.17, 15) is 9.59 Å². The highest BCUT2D eigenvalue weighted by Crippen LogP contribution is 2.08. The third kappa shape index (κ3) is 1.62.